The van der Waals surface area contributed by atoms with Crippen LogP contribution in [0.1, 0.15) is 84.8 Å². The fourth-order valence-electron chi connectivity index (χ4n) is 8.32. The number of benzene rings is 2. The van der Waals surface area contributed by atoms with Crippen LogP contribution in [0.5, 0.6) is 11.5 Å². The van der Waals surface area contributed by atoms with Gasteiger partial charge in [-0.05, 0) is 101 Å². The van der Waals surface area contributed by atoms with Crippen molar-refractivity contribution in [1.82, 2.24) is 63.8 Å². The van der Waals surface area contributed by atoms with Crippen LogP contribution in [0.4, 0.5) is 0 Å². The van der Waals surface area contributed by atoms with Crippen molar-refractivity contribution in [1.29, 1.82) is 10.8 Å². The van der Waals surface area contributed by atoms with Crippen LogP contribution in [-0.2, 0) is 65.6 Å². The van der Waals surface area contributed by atoms with Crippen molar-refractivity contribution < 1.29 is 83.4 Å². The summed E-state index contributed by atoms with van der Waals surface area (Å²) in [6, 6.07) is -3.24. The number of phenolic OH excluding ortho intramolecular Hbond substituents is 2. The number of carboxylic acid groups (broad SMARTS) is 1. The van der Waals surface area contributed by atoms with Crippen LogP contribution < -0.4 is 81.0 Å². The number of carboxylic acids is 1. The summed E-state index contributed by atoms with van der Waals surface area (Å²) in [4.78, 5) is 149. The zero-order valence-corrected chi connectivity index (χ0v) is 50.3. The summed E-state index contributed by atoms with van der Waals surface area (Å²) in [7, 11) is 0. The Bertz CT molecular complexity index is 2750. The predicted molar refractivity (Wildman–Crippen MR) is 319 cm³/mol. The minimum atomic E-state index is -1.91. The summed E-state index contributed by atoms with van der Waals surface area (Å²) in [5.41, 5.74) is 17.2. The third-order valence-corrected chi connectivity index (χ3v) is 13.1. The molecule has 0 saturated heterocycles. The number of hydrogen-bond acceptors (Lipinski definition) is 19. The number of aliphatic hydroxyl groups is 3. The quantitative estimate of drug-likeness (QED) is 0.0169. The van der Waals surface area contributed by atoms with Crippen LogP contribution in [0.25, 0.3) is 0 Å². The molecule has 0 aliphatic carbocycles. The average molecular weight is 1260 g/mol. The summed E-state index contributed by atoms with van der Waals surface area (Å²) in [5.74, 6) is -13.0. The average Bonchev–Trinajstić information content (AvgIpc) is 3.65. The Balaban J connectivity index is 2.61. The van der Waals surface area contributed by atoms with E-state index in [4.69, 9.17) is 33.1 Å². The maximum atomic E-state index is 14.7. The molecule has 89 heavy (non-hydrogen) atoms. The number of guanidine groups is 2. The van der Waals surface area contributed by atoms with Gasteiger partial charge in [-0.15, -0.1) is 0 Å². The topological polar surface area (TPSA) is 579 Å². The molecule has 2 aromatic rings. The Kier molecular flexibility index (Phi) is 32.3. The van der Waals surface area contributed by atoms with Gasteiger partial charge in [-0.2, -0.15) is 0 Å². The molecule has 0 spiro atoms. The van der Waals surface area contributed by atoms with E-state index in [2.05, 4.69) is 63.8 Å². The zero-order chi connectivity index (χ0) is 67.2. The Morgan fingerprint density at radius 1 is 0.438 bits per heavy atom. The van der Waals surface area contributed by atoms with Crippen molar-refractivity contribution in [3.05, 3.63) is 59.7 Å². The number of amides is 10. The van der Waals surface area contributed by atoms with E-state index >= 15 is 0 Å². The van der Waals surface area contributed by atoms with Gasteiger partial charge in [0.25, 0.3) is 0 Å². The highest BCUT2D eigenvalue weighted by Crippen LogP contribution is 2.16. The predicted octanol–water partition coefficient (Wildman–Crippen LogP) is -6.86. The molecule has 0 saturated carbocycles. The summed E-state index contributed by atoms with van der Waals surface area (Å²) in [6.45, 7) is 6.66. The first-order valence-electron chi connectivity index (χ1n) is 28.4. The van der Waals surface area contributed by atoms with Crippen LogP contribution >= 0.6 is 0 Å². The summed E-state index contributed by atoms with van der Waals surface area (Å²) in [5, 5.41) is 105. The van der Waals surface area contributed by atoms with Crippen LogP contribution in [0, 0.1) is 16.7 Å². The fourth-order valence-corrected chi connectivity index (χ4v) is 8.32. The number of carbonyl (C=O) groups is 11. The summed E-state index contributed by atoms with van der Waals surface area (Å²) in [6.07, 6.45) is -5.92. The van der Waals surface area contributed by atoms with Gasteiger partial charge in [-0.1, -0.05) is 38.1 Å². The number of aromatic hydroxyl groups is 2. The Hall–Kier alpha value is -9.41. The molecule has 34 heteroatoms. The minimum absolute atomic E-state index is 0.0174. The molecule has 10 amide bonds. The highest BCUT2D eigenvalue weighted by molar-refractivity contribution is 5.99. The lowest BCUT2D eigenvalue weighted by Gasteiger charge is -2.30. The SMILES string of the molecule is CC(C)C[C@H](NC(=O)[C@H](CCCNC(=N)N)NC(=O)[C@@H](NC(=O)[C@@H](NC(=O)[C@@H](NC(=O)[C@H](C)N)[C@@H](C)O)[C@@H](C)O)[C@@H](C)O)C(=O)N[C@@H](Cc1ccc(O)cc1)C(=O)N[C@@H](Cc1ccc(O)cc1)C(=O)N[C@@H](CCCNC(=N)N)C(=O)NCC(=O)NCC(=O)O. The maximum absolute atomic E-state index is 14.7. The Morgan fingerprint density at radius 3 is 1.15 bits per heavy atom. The second kappa shape index (κ2) is 38.0. The summed E-state index contributed by atoms with van der Waals surface area (Å²) >= 11 is 0. The second-order valence-electron chi connectivity index (χ2n) is 21.5. The lowest BCUT2D eigenvalue weighted by Crippen LogP contribution is -2.64. The molecule has 0 heterocycles. The van der Waals surface area contributed by atoms with E-state index in [1.165, 1.54) is 55.5 Å². The number of aliphatic carboxylic acids is 1. The van der Waals surface area contributed by atoms with E-state index in [0.717, 1.165) is 20.8 Å². The van der Waals surface area contributed by atoms with Gasteiger partial charge >= 0.3 is 5.97 Å². The van der Waals surface area contributed by atoms with Crippen LogP contribution in [-0.4, -0.2) is 206 Å². The van der Waals surface area contributed by atoms with Gasteiger partial charge in [-0.3, -0.25) is 63.6 Å². The molecule has 0 aliphatic heterocycles. The van der Waals surface area contributed by atoms with E-state index in [0.29, 0.717) is 11.1 Å². The molecular weight excluding hydrogens is 1170 g/mol. The first-order valence-corrected chi connectivity index (χ1v) is 28.4. The molecule has 494 valence electrons. The van der Waals surface area contributed by atoms with E-state index in [9.17, 15) is 78.3 Å². The highest BCUT2D eigenvalue weighted by atomic mass is 16.4. The van der Waals surface area contributed by atoms with Crippen molar-refractivity contribution in [3.63, 3.8) is 0 Å². The number of nitrogens with two attached hydrogens (primary N) is 3. The fraction of sp³-hybridized carbons (Fsp3) is 0.545. The van der Waals surface area contributed by atoms with Gasteiger partial charge in [0, 0.05) is 25.9 Å². The molecule has 0 fully saturated rings. The number of aliphatic hydroxyl groups excluding tert-OH is 3. The van der Waals surface area contributed by atoms with Gasteiger partial charge in [0.15, 0.2) is 11.9 Å². The number of rotatable bonds is 38. The first-order chi connectivity index (χ1) is 41.7. The molecular formula is C55H87N17O17. The van der Waals surface area contributed by atoms with Gasteiger partial charge in [0.1, 0.15) is 66.4 Å². The van der Waals surface area contributed by atoms with E-state index < -0.39 is 163 Å². The number of hydrogen-bond donors (Lipinski definition) is 23. The van der Waals surface area contributed by atoms with E-state index in [-0.39, 0.29) is 75.5 Å². The molecule has 0 aromatic heterocycles. The lowest BCUT2D eigenvalue weighted by molar-refractivity contribution is -0.139. The third-order valence-electron chi connectivity index (χ3n) is 13.1. The normalized spacial score (nSPS) is 15.0. The number of phenols is 2. The van der Waals surface area contributed by atoms with Crippen LogP contribution in [0.3, 0.4) is 0 Å². The number of nitrogens with one attached hydrogen (secondary N) is 14. The Labute approximate surface area is 513 Å². The van der Waals surface area contributed by atoms with Gasteiger partial charge in [0.2, 0.25) is 59.1 Å². The van der Waals surface area contributed by atoms with Crippen LogP contribution in [0.15, 0.2) is 48.5 Å². The largest absolute Gasteiger partial charge is 0.508 e. The monoisotopic (exact) mass is 1260 g/mol. The van der Waals surface area contributed by atoms with Crippen molar-refractivity contribution in [2.75, 3.05) is 26.2 Å². The Morgan fingerprint density at radius 2 is 0.775 bits per heavy atom. The van der Waals surface area contributed by atoms with E-state index in [1.807, 2.05) is 0 Å². The van der Waals surface area contributed by atoms with Crippen molar-refractivity contribution in [3.8, 4) is 11.5 Å². The molecule has 0 unspecified atom stereocenters. The summed E-state index contributed by atoms with van der Waals surface area (Å²) < 4.78 is 0. The van der Waals surface area contributed by atoms with Gasteiger partial charge in [-0.25, -0.2) is 0 Å². The second-order valence-corrected chi connectivity index (χ2v) is 21.5. The number of carbonyl (C=O) groups excluding carboxylic acids is 10. The molecule has 26 N–H and O–H groups in total. The van der Waals surface area contributed by atoms with Crippen LogP contribution in [0.2, 0.25) is 0 Å². The minimum Gasteiger partial charge on any atom is -0.508 e. The van der Waals surface area contributed by atoms with Gasteiger partial charge < -0.3 is 112 Å². The zero-order valence-electron chi connectivity index (χ0n) is 50.3. The molecule has 12 atom stereocenters. The first kappa shape index (κ1) is 75.7. The molecule has 0 aliphatic rings. The third kappa shape index (κ3) is 28.8. The molecule has 0 bridgehead atoms. The maximum Gasteiger partial charge on any atom is 0.322 e. The lowest BCUT2D eigenvalue weighted by atomic mass is 9.99. The molecule has 34 nitrogen and oxygen atoms in total. The molecule has 2 aromatic carbocycles. The van der Waals surface area contributed by atoms with E-state index in [1.54, 1.807) is 13.8 Å². The standard InChI is InChI=1S/C55H87N17O17/c1-26(2)21-37(67-47(83)36(10-8-20-62-55(59)60)66-51(87)42(28(4)73)71-53(89)44(30(6)75)72-52(88)43(29(5)74)70-45(81)27(3)56)48(84)68-39(23-32-13-17-34(77)18-14-32)50(86)69-38(22-31-11-15-33(76)16-12-31)49(85)65-35(9-7-19-61-54(57)58)46(82)64-24-40(78)63-25-41(79)80/h11-18,26-30,35-39,42-44,73-77H,7-10,19-25,56H2,1-6H3,(H,63,78)(H,64,82)(H,65,85)(H,66,87)(H,67,83)(H,68,84)(H,69,86)(H,70,81)(H,71,89)(H,72,88)(H,79,80)(H4,57,58,61)(H4,59,60,62)/t27-,28+,29+,30+,35-,36-,37-,38-,39-,42-,43-,44-/m0/s1. The van der Waals surface area contributed by atoms with Crippen molar-refractivity contribution in [2.24, 2.45) is 23.1 Å². The van der Waals surface area contributed by atoms with Crippen molar-refractivity contribution >= 4 is 77.0 Å². The smallest absolute Gasteiger partial charge is 0.322 e. The molecule has 0 radical (unpaired) electrons. The highest BCUT2D eigenvalue weighted by Gasteiger charge is 2.38. The van der Waals surface area contributed by atoms with Gasteiger partial charge in [0.05, 0.1) is 30.9 Å². The molecule has 2 rings (SSSR count). The van der Waals surface area contributed by atoms with Crippen molar-refractivity contribution in [2.45, 2.75) is 159 Å².